The first-order valence-corrected chi connectivity index (χ1v) is 18.2. The van der Waals surface area contributed by atoms with Crippen LogP contribution >= 0.6 is 0 Å². The van der Waals surface area contributed by atoms with Crippen LogP contribution in [0, 0.1) is 11.8 Å². The highest BCUT2D eigenvalue weighted by molar-refractivity contribution is 5.97. The number of aliphatic carboxylic acids is 1. The van der Waals surface area contributed by atoms with E-state index in [0.29, 0.717) is 25.7 Å². The van der Waals surface area contributed by atoms with E-state index >= 15 is 0 Å². The number of amides is 5. The average molecular weight is 733 g/mol. The number of benzene rings is 2. The number of rotatable bonds is 18. The minimum atomic E-state index is -1.40. The topological polar surface area (TPSA) is 238 Å². The number of carbonyl (C=O) groups is 6. The van der Waals surface area contributed by atoms with Crippen LogP contribution in [0.15, 0.2) is 65.7 Å². The molecule has 2 heterocycles. The molecule has 9 N–H and O–H groups in total. The number of nitrogens with one attached hydrogen (secondary N) is 4. The predicted octanol–water partition coefficient (Wildman–Crippen LogP) is 0.606. The molecule has 2 saturated heterocycles. The van der Waals surface area contributed by atoms with E-state index in [0.717, 1.165) is 11.1 Å². The van der Waals surface area contributed by atoms with Crippen LogP contribution < -0.4 is 32.7 Å². The minimum absolute atomic E-state index is 0.0530. The Labute approximate surface area is 309 Å². The van der Waals surface area contributed by atoms with Crippen LogP contribution in [0.3, 0.4) is 0 Å². The Morgan fingerprint density at radius 2 is 1.57 bits per heavy atom. The van der Waals surface area contributed by atoms with Gasteiger partial charge in [0.15, 0.2) is 5.96 Å². The predicted molar refractivity (Wildman–Crippen MR) is 198 cm³/mol. The van der Waals surface area contributed by atoms with Crippen LogP contribution in [-0.2, 0) is 41.6 Å². The monoisotopic (exact) mass is 732 g/mol. The molecule has 0 radical (unpaired) electrons. The van der Waals surface area contributed by atoms with Gasteiger partial charge < -0.3 is 42.7 Å². The highest BCUT2D eigenvalue weighted by Crippen LogP contribution is 2.39. The van der Waals surface area contributed by atoms with Gasteiger partial charge in [0.2, 0.25) is 29.5 Å². The van der Waals surface area contributed by atoms with Crippen molar-refractivity contribution in [1.29, 1.82) is 0 Å². The van der Waals surface area contributed by atoms with Gasteiger partial charge in [-0.2, -0.15) is 0 Å². The van der Waals surface area contributed by atoms with Crippen LogP contribution in [0.2, 0.25) is 0 Å². The Bertz CT molecular complexity index is 1620. The third-order valence-corrected chi connectivity index (χ3v) is 9.53. The molecule has 2 aromatic carbocycles. The molecular weight excluding hydrogens is 680 g/mol. The van der Waals surface area contributed by atoms with Crippen molar-refractivity contribution in [2.75, 3.05) is 13.1 Å². The smallest absolute Gasteiger partial charge is 0.305 e. The van der Waals surface area contributed by atoms with Gasteiger partial charge >= 0.3 is 5.97 Å². The van der Waals surface area contributed by atoms with Gasteiger partial charge in [-0.15, -0.1) is 0 Å². The zero-order chi connectivity index (χ0) is 38.5. The molecule has 0 spiro atoms. The Kier molecular flexibility index (Phi) is 14.7. The lowest BCUT2D eigenvalue weighted by Crippen LogP contribution is -2.61. The number of carboxylic acid groups (broad SMARTS) is 1. The fourth-order valence-electron chi connectivity index (χ4n) is 7.00. The fourth-order valence-corrected chi connectivity index (χ4v) is 7.00. The number of hydrogen-bond acceptors (Lipinski definition) is 7. The standard InChI is InChI=1S/C38H52N8O7/c1-23(2)22-42-34(50)29(21-33(48)49)45-35(51)27(14-9-17-41-38(39)40)44-36(52)31-20-26(18-24-10-5-3-6-11-24)30-16-15-28(37(53)46(30)31)43-32(47)19-25-12-7-4-8-13-25/h3-8,10-13,23,26-31H,9,14-22H2,1-2H3,(H,42,50)(H,43,47)(H,44,52)(H,45,51)(H,48,49)(H4,39,40,41)/t26-,27+,28-,29+,30?,31+/m1/s1. The molecule has 0 aliphatic carbocycles. The van der Waals surface area contributed by atoms with Gasteiger partial charge in [0, 0.05) is 19.1 Å². The van der Waals surface area contributed by atoms with Crippen molar-refractivity contribution in [1.82, 2.24) is 26.2 Å². The van der Waals surface area contributed by atoms with Gasteiger partial charge in [-0.1, -0.05) is 74.5 Å². The molecule has 15 heteroatoms. The largest absolute Gasteiger partial charge is 0.481 e. The lowest BCUT2D eigenvalue weighted by Gasteiger charge is -2.39. The molecule has 5 amide bonds. The number of hydrogen-bond donors (Lipinski definition) is 7. The molecule has 6 atom stereocenters. The van der Waals surface area contributed by atoms with Crippen LogP contribution in [0.1, 0.15) is 63.5 Å². The molecule has 0 saturated carbocycles. The van der Waals surface area contributed by atoms with Crippen molar-refractivity contribution < 1.29 is 33.9 Å². The van der Waals surface area contributed by atoms with Crippen LogP contribution in [0.25, 0.3) is 0 Å². The van der Waals surface area contributed by atoms with Crippen molar-refractivity contribution in [2.24, 2.45) is 28.3 Å². The van der Waals surface area contributed by atoms with Crippen molar-refractivity contribution in [3.05, 3.63) is 71.8 Å². The number of fused-ring (bicyclic) bond motifs is 1. The maximum Gasteiger partial charge on any atom is 0.305 e. The van der Waals surface area contributed by atoms with Gasteiger partial charge in [-0.3, -0.25) is 33.8 Å². The normalized spacial score (nSPS) is 20.4. The van der Waals surface area contributed by atoms with Crippen LogP contribution in [0.5, 0.6) is 0 Å². The third kappa shape index (κ3) is 12.0. The van der Waals surface area contributed by atoms with E-state index in [1.54, 1.807) is 4.90 Å². The highest BCUT2D eigenvalue weighted by atomic mass is 16.4. The zero-order valence-corrected chi connectivity index (χ0v) is 30.3. The number of guanidine groups is 1. The third-order valence-electron chi connectivity index (χ3n) is 9.53. The Balaban J connectivity index is 1.55. The Hall–Kier alpha value is -5.47. The summed E-state index contributed by atoms with van der Waals surface area (Å²) >= 11 is 0. The highest BCUT2D eigenvalue weighted by Gasteiger charge is 2.51. The maximum atomic E-state index is 14.2. The van der Waals surface area contributed by atoms with Crippen molar-refractivity contribution in [2.45, 2.75) is 95.4 Å². The van der Waals surface area contributed by atoms with E-state index in [2.05, 4.69) is 26.3 Å². The second kappa shape index (κ2) is 19.4. The van der Waals surface area contributed by atoms with E-state index in [1.165, 1.54) is 0 Å². The van der Waals surface area contributed by atoms with Gasteiger partial charge in [0.1, 0.15) is 24.2 Å². The van der Waals surface area contributed by atoms with E-state index in [4.69, 9.17) is 11.5 Å². The first-order chi connectivity index (χ1) is 25.3. The van der Waals surface area contributed by atoms with E-state index in [9.17, 15) is 33.9 Å². The quantitative estimate of drug-likeness (QED) is 0.0645. The summed E-state index contributed by atoms with van der Waals surface area (Å²) in [6, 6.07) is 14.3. The molecule has 2 fully saturated rings. The lowest BCUT2D eigenvalue weighted by molar-refractivity contribution is -0.147. The fraction of sp³-hybridized carbons (Fsp3) is 0.500. The first kappa shape index (κ1) is 40.3. The first-order valence-electron chi connectivity index (χ1n) is 18.2. The average Bonchev–Trinajstić information content (AvgIpc) is 3.48. The number of aliphatic imine (C=N–C) groups is 1. The van der Waals surface area contributed by atoms with Crippen molar-refractivity contribution in [3.63, 3.8) is 0 Å². The summed E-state index contributed by atoms with van der Waals surface area (Å²) in [6.07, 6.45) is 1.67. The summed E-state index contributed by atoms with van der Waals surface area (Å²) in [6.45, 7) is 4.17. The second-order valence-corrected chi connectivity index (χ2v) is 14.2. The molecule has 4 rings (SSSR count). The van der Waals surface area contributed by atoms with Gasteiger partial charge in [-0.05, 0) is 61.5 Å². The molecular formula is C38H52N8O7. The second-order valence-electron chi connectivity index (χ2n) is 14.2. The maximum absolute atomic E-state index is 14.2. The Morgan fingerprint density at radius 3 is 2.19 bits per heavy atom. The summed E-state index contributed by atoms with van der Waals surface area (Å²) in [5.41, 5.74) is 12.8. The molecule has 2 aromatic rings. The summed E-state index contributed by atoms with van der Waals surface area (Å²) in [4.78, 5) is 85.2. The Morgan fingerprint density at radius 1 is 0.906 bits per heavy atom. The number of carboxylic acids is 1. The SMILES string of the molecule is CC(C)CNC(=O)[C@H](CC(=O)O)NC(=O)[C@H](CCCN=C(N)N)NC(=O)[C@@H]1C[C@@H](Cc2ccccc2)C2CC[C@@H](NC(=O)Cc3ccccc3)C(=O)N21. The van der Waals surface area contributed by atoms with E-state index < -0.39 is 54.3 Å². The number of carbonyl (C=O) groups excluding carboxylic acids is 5. The summed E-state index contributed by atoms with van der Waals surface area (Å²) in [5, 5.41) is 20.3. The van der Waals surface area contributed by atoms with E-state index in [-0.39, 0.29) is 68.0 Å². The summed E-state index contributed by atoms with van der Waals surface area (Å²) in [7, 11) is 0. The molecule has 0 aromatic heterocycles. The molecule has 286 valence electrons. The number of nitrogens with two attached hydrogens (primary N) is 2. The van der Waals surface area contributed by atoms with Crippen LogP contribution in [-0.4, -0.2) is 94.8 Å². The molecule has 53 heavy (non-hydrogen) atoms. The number of piperidine rings is 1. The van der Waals surface area contributed by atoms with Gasteiger partial charge in [0.25, 0.3) is 0 Å². The number of nitrogens with zero attached hydrogens (tertiary/aromatic N) is 2. The molecule has 1 unspecified atom stereocenters. The van der Waals surface area contributed by atoms with Crippen LogP contribution in [0.4, 0.5) is 0 Å². The summed E-state index contributed by atoms with van der Waals surface area (Å²) in [5.74, 6) is -4.10. The van der Waals surface area contributed by atoms with E-state index in [1.807, 2.05) is 74.5 Å². The lowest BCUT2D eigenvalue weighted by atomic mass is 9.86. The minimum Gasteiger partial charge on any atom is -0.481 e. The van der Waals surface area contributed by atoms with Crippen molar-refractivity contribution in [3.8, 4) is 0 Å². The summed E-state index contributed by atoms with van der Waals surface area (Å²) < 4.78 is 0. The van der Waals surface area contributed by atoms with Crippen molar-refractivity contribution >= 4 is 41.5 Å². The molecule has 2 aliphatic rings. The van der Waals surface area contributed by atoms with Gasteiger partial charge in [-0.25, -0.2) is 0 Å². The van der Waals surface area contributed by atoms with Gasteiger partial charge in [0.05, 0.1) is 12.8 Å². The molecule has 2 aliphatic heterocycles. The molecule has 0 bridgehead atoms. The zero-order valence-electron chi connectivity index (χ0n) is 30.3. The molecule has 15 nitrogen and oxygen atoms in total.